The van der Waals surface area contributed by atoms with Crippen molar-refractivity contribution in [3.05, 3.63) is 40.3 Å². The highest BCUT2D eigenvalue weighted by molar-refractivity contribution is 7.11. The molecule has 0 aliphatic carbocycles. The standard InChI is InChI=1S/C12H11N3OS/c13-9-2-1-8-3-4-15(10(8)5-9)12(16)11-6-14-7-17-11/h1-2,5-7H,3-4,13H2. The second kappa shape index (κ2) is 3.85. The Bertz CT molecular complexity index is 565. The van der Waals surface area contributed by atoms with E-state index in [9.17, 15) is 4.79 Å². The second-order valence-electron chi connectivity index (χ2n) is 3.96. The van der Waals surface area contributed by atoms with E-state index in [1.54, 1.807) is 16.6 Å². The normalized spacial score (nSPS) is 13.8. The third-order valence-corrected chi connectivity index (χ3v) is 3.65. The summed E-state index contributed by atoms with van der Waals surface area (Å²) in [6, 6.07) is 5.73. The molecule has 1 aromatic heterocycles. The van der Waals surface area contributed by atoms with Crippen LogP contribution < -0.4 is 10.6 Å². The molecule has 4 nitrogen and oxygen atoms in total. The smallest absolute Gasteiger partial charge is 0.269 e. The number of carbonyl (C=O) groups excluding carboxylic acids is 1. The first-order valence-electron chi connectivity index (χ1n) is 5.34. The van der Waals surface area contributed by atoms with Crippen molar-refractivity contribution in [2.75, 3.05) is 17.2 Å². The van der Waals surface area contributed by atoms with E-state index in [0.717, 1.165) is 18.7 Å². The molecule has 2 aromatic rings. The number of carbonyl (C=O) groups is 1. The fourth-order valence-corrected chi connectivity index (χ4v) is 2.63. The predicted molar refractivity (Wildman–Crippen MR) is 68.3 cm³/mol. The van der Waals surface area contributed by atoms with Crippen LogP contribution >= 0.6 is 11.3 Å². The lowest BCUT2D eigenvalue weighted by Gasteiger charge is -2.16. The number of aromatic nitrogens is 1. The van der Waals surface area contributed by atoms with Gasteiger partial charge in [-0.05, 0) is 24.1 Å². The molecular weight excluding hydrogens is 234 g/mol. The Kier molecular flexibility index (Phi) is 2.33. The number of nitrogens with two attached hydrogens (primary N) is 1. The van der Waals surface area contributed by atoms with Crippen LogP contribution in [0.25, 0.3) is 0 Å². The van der Waals surface area contributed by atoms with Crippen molar-refractivity contribution in [2.24, 2.45) is 0 Å². The lowest BCUT2D eigenvalue weighted by molar-refractivity contribution is 0.0993. The van der Waals surface area contributed by atoms with Gasteiger partial charge in [0.1, 0.15) is 4.88 Å². The number of thiazole rings is 1. The third-order valence-electron chi connectivity index (χ3n) is 2.89. The molecule has 3 rings (SSSR count). The maximum atomic E-state index is 12.2. The molecule has 86 valence electrons. The monoisotopic (exact) mass is 245 g/mol. The van der Waals surface area contributed by atoms with Gasteiger partial charge in [-0.15, -0.1) is 11.3 Å². The van der Waals surface area contributed by atoms with Crippen LogP contribution in [-0.4, -0.2) is 17.4 Å². The van der Waals surface area contributed by atoms with Crippen molar-refractivity contribution in [1.82, 2.24) is 4.98 Å². The number of nitrogens with zero attached hydrogens (tertiary/aromatic N) is 2. The van der Waals surface area contributed by atoms with E-state index in [2.05, 4.69) is 4.98 Å². The Morgan fingerprint density at radius 3 is 3.12 bits per heavy atom. The number of amides is 1. The Morgan fingerprint density at radius 1 is 1.47 bits per heavy atom. The highest BCUT2D eigenvalue weighted by atomic mass is 32.1. The van der Waals surface area contributed by atoms with Crippen LogP contribution in [0, 0.1) is 0 Å². The Labute approximate surface area is 103 Å². The Hall–Kier alpha value is -1.88. The number of rotatable bonds is 1. The highest BCUT2D eigenvalue weighted by Crippen LogP contribution is 2.31. The molecule has 2 N–H and O–H groups in total. The van der Waals surface area contributed by atoms with Crippen LogP contribution in [-0.2, 0) is 6.42 Å². The van der Waals surface area contributed by atoms with Crippen LogP contribution in [0.15, 0.2) is 29.9 Å². The van der Waals surface area contributed by atoms with E-state index in [0.29, 0.717) is 10.6 Å². The molecule has 0 unspecified atom stereocenters. The molecule has 1 aliphatic heterocycles. The number of nitrogen functional groups attached to an aromatic ring is 1. The molecule has 0 bridgehead atoms. The van der Waals surface area contributed by atoms with Crippen LogP contribution in [0.1, 0.15) is 15.2 Å². The van der Waals surface area contributed by atoms with E-state index in [4.69, 9.17) is 5.73 Å². The first-order valence-corrected chi connectivity index (χ1v) is 6.22. The SMILES string of the molecule is Nc1ccc2c(c1)N(C(=O)c1cncs1)CC2. The first kappa shape index (κ1) is 10.3. The number of anilines is 2. The van der Waals surface area contributed by atoms with Crippen LogP contribution in [0.5, 0.6) is 0 Å². The fraction of sp³-hybridized carbons (Fsp3) is 0.167. The van der Waals surface area contributed by atoms with E-state index >= 15 is 0 Å². The van der Waals surface area contributed by atoms with Gasteiger partial charge in [-0.1, -0.05) is 6.07 Å². The minimum absolute atomic E-state index is 0.0110. The summed E-state index contributed by atoms with van der Waals surface area (Å²) in [4.78, 5) is 18.6. The fourth-order valence-electron chi connectivity index (χ4n) is 2.06. The van der Waals surface area contributed by atoms with Gasteiger partial charge in [0.25, 0.3) is 5.91 Å². The van der Waals surface area contributed by atoms with Crippen molar-refractivity contribution in [2.45, 2.75) is 6.42 Å². The molecule has 17 heavy (non-hydrogen) atoms. The number of hydrogen-bond donors (Lipinski definition) is 1. The maximum Gasteiger partial charge on any atom is 0.269 e. The number of benzene rings is 1. The summed E-state index contributed by atoms with van der Waals surface area (Å²) in [7, 11) is 0. The summed E-state index contributed by atoms with van der Waals surface area (Å²) >= 11 is 1.36. The molecule has 0 fully saturated rings. The van der Waals surface area contributed by atoms with Crippen LogP contribution in [0.3, 0.4) is 0 Å². The summed E-state index contributed by atoms with van der Waals surface area (Å²) in [5.41, 5.74) is 10.2. The second-order valence-corrected chi connectivity index (χ2v) is 4.85. The molecule has 1 aliphatic rings. The molecule has 2 heterocycles. The zero-order valence-corrected chi connectivity index (χ0v) is 9.91. The molecule has 1 aromatic carbocycles. The summed E-state index contributed by atoms with van der Waals surface area (Å²) in [6.45, 7) is 0.718. The minimum Gasteiger partial charge on any atom is -0.399 e. The zero-order valence-electron chi connectivity index (χ0n) is 9.09. The van der Waals surface area contributed by atoms with Gasteiger partial charge in [-0.2, -0.15) is 0 Å². The average Bonchev–Trinajstić information content (AvgIpc) is 2.97. The highest BCUT2D eigenvalue weighted by Gasteiger charge is 2.26. The summed E-state index contributed by atoms with van der Waals surface area (Å²) < 4.78 is 0. The maximum absolute atomic E-state index is 12.2. The van der Waals surface area contributed by atoms with Crippen molar-refractivity contribution in [3.63, 3.8) is 0 Å². The first-order chi connectivity index (χ1) is 8.25. The van der Waals surface area contributed by atoms with Crippen molar-refractivity contribution in [3.8, 4) is 0 Å². The van der Waals surface area contributed by atoms with Crippen LogP contribution in [0.2, 0.25) is 0 Å². The van der Waals surface area contributed by atoms with Gasteiger partial charge in [-0.3, -0.25) is 9.78 Å². The van der Waals surface area contributed by atoms with Gasteiger partial charge >= 0.3 is 0 Å². The lowest BCUT2D eigenvalue weighted by atomic mass is 10.1. The molecular formula is C12H11N3OS. The summed E-state index contributed by atoms with van der Waals surface area (Å²) in [6.07, 6.45) is 2.50. The predicted octanol–water partition coefficient (Wildman–Crippen LogP) is 1.93. The minimum atomic E-state index is 0.0110. The van der Waals surface area contributed by atoms with Crippen molar-refractivity contribution in [1.29, 1.82) is 0 Å². The van der Waals surface area contributed by atoms with E-state index in [-0.39, 0.29) is 5.91 Å². The van der Waals surface area contributed by atoms with E-state index in [1.165, 1.54) is 16.9 Å². The molecule has 5 heteroatoms. The topological polar surface area (TPSA) is 59.2 Å². The molecule has 0 spiro atoms. The molecule has 1 amide bonds. The number of fused-ring (bicyclic) bond motifs is 1. The summed E-state index contributed by atoms with van der Waals surface area (Å²) in [5, 5.41) is 0. The lowest BCUT2D eigenvalue weighted by Crippen LogP contribution is -2.28. The van der Waals surface area contributed by atoms with Gasteiger partial charge in [-0.25, -0.2) is 0 Å². The molecule has 0 atom stereocenters. The largest absolute Gasteiger partial charge is 0.399 e. The third kappa shape index (κ3) is 1.68. The van der Waals surface area contributed by atoms with E-state index < -0.39 is 0 Å². The average molecular weight is 245 g/mol. The zero-order chi connectivity index (χ0) is 11.8. The Morgan fingerprint density at radius 2 is 2.35 bits per heavy atom. The van der Waals surface area contributed by atoms with Crippen molar-refractivity contribution >= 4 is 28.6 Å². The van der Waals surface area contributed by atoms with Gasteiger partial charge < -0.3 is 10.6 Å². The molecule has 0 saturated carbocycles. The van der Waals surface area contributed by atoms with Gasteiger partial charge in [0.05, 0.1) is 11.7 Å². The summed E-state index contributed by atoms with van der Waals surface area (Å²) in [5.74, 6) is 0.0110. The van der Waals surface area contributed by atoms with E-state index in [1.807, 2.05) is 18.2 Å². The number of hydrogen-bond acceptors (Lipinski definition) is 4. The molecule has 0 saturated heterocycles. The molecule has 0 radical (unpaired) electrons. The van der Waals surface area contributed by atoms with Gasteiger partial charge in [0.2, 0.25) is 0 Å². The van der Waals surface area contributed by atoms with Crippen molar-refractivity contribution < 1.29 is 4.79 Å². The quantitative estimate of drug-likeness (QED) is 0.781. The van der Waals surface area contributed by atoms with Gasteiger partial charge in [0.15, 0.2) is 0 Å². The van der Waals surface area contributed by atoms with Crippen LogP contribution in [0.4, 0.5) is 11.4 Å². The Balaban J connectivity index is 1.98. The van der Waals surface area contributed by atoms with Gasteiger partial charge in [0, 0.05) is 17.9 Å².